The molecule has 0 radical (unpaired) electrons. The molecule has 1 aliphatic rings. The summed E-state index contributed by atoms with van der Waals surface area (Å²) in [4.78, 5) is 4.59. The van der Waals surface area contributed by atoms with Crippen molar-refractivity contribution in [3.8, 4) is 0 Å². The summed E-state index contributed by atoms with van der Waals surface area (Å²) in [6.07, 6.45) is 5.88. The average molecular weight is 272 g/mol. The molecule has 0 aliphatic heterocycles. The van der Waals surface area contributed by atoms with Crippen molar-refractivity contribution in [2.75, 3.05) is 6.61 Å². The van der Waals surface area contributed by atoms with E-state index in [-0.39, 0.29) is 12.0 Å². The number of benzene rings is 1. The molecular formula is C16H20N2O2. The second-order valence-corrected chi connectivity index (χ2v) is 5.49. The quantitative estimate of drug-likeness (QED) is 0.909. The number of aromatic nitrogens is 2. The second kappa shape index (κ2) is 5.75. The average Bonchev–Trinajstić information content (AvgIpc) is 3.16. The van der Waals surface area contributed by atoms with Crippen LogP contribution in [0, 0.1) is 0 Å². The fraction of sp³-hybridized carbons (Fsp3) is 0.500. The third-order valence-electron chi connectivity index (χ3n) is 4.23. The third kappa shape index (κ3) is 2.36. The molecule has 106 valence electrons. The van der Waals surface area contributed by atoms with Crippen molar-refractivity contribution >= 4 is 0 Å². The Labute approximate surface area is 118 Å². The van der Waals surface area contributed by atoms with Gasteiger partial charge in [-0.2, -0.15) is 4.98 Å². The normalized spacial score (nSPS) is 17.4. The maximum Gasteiger partial charge on any atom is 0.226 e. The number of nitrogens with zero attached hydrogens (tertiary/aromatic N) is 2. The fourth-order valence-corrected chi connectivity index (χ4v) is 3.16. The largest absolute Gasteiger partial charge is 0.396 e. The molecule has 1 N–H and O–H groups in total. The van der Waals surface area contributed by atoms with Gasteiger partial charge in [0.15, 0.2) is 5.82 Å². The van der Waals surface area contributed by atoms with Crippen molar-refractivity contribution in [1.82, 2.24) is 10.1 Å². The van der Waals surface area contributed by atoms with Crippen LogP contribution in [-0.4, -0.2) is 21.9 Å². The molecule has 3 rings (SSSR count). The van der Waals surface area contributed by atoms with Crippen LogP contribution in [0.25, 0.3) is 0 Å². The van der Waals surface area contributed by atoms with E-state index in [1.54, 1.807) is 0 Å². The zero-order valence-corrected chi connectivity index (χ0v) is 11.6. The highest BCUT2D eigenvalue weighted by Gasteiger charge is 2.41. The van der Waals surface area contributed by atoms with Gasteiger partial charge in [0.2, 0.25) is 5.89 Å². The Morgan fingerprint density at radius 1 is 1.15 bits per heavy atom. The predicted octanol–water partition coefficient (Wildman–Crippen LogP) is 2.85. The molecule has 4 nitrogen and oxygen atoms in total. The Kier molecular flexibility index (Phi) is 3.83. The predicted molar refractivity (Wildman–Crippen MR) is 75.4 cm³/mol. The van der Waals surface area contributed by atoms with Gasteiger partial charge >= 0.3 is 0 Å². The number of hydrogen-bond donors (Lipinski definition) is 1. The minimum atomic E-state index is -0.0811. The third-order valence-corrected chi connectivity index (χ3v) is 4.23. The Morgan fingerprint density at radius 3 is 2.60 bits per heavy atom. The van der Waals surface area contributed by atoms with Gasteiger partial charge in [-0.05, 0) is 24.8 Å². The van der Waals surface area contributed by atoms with Gasteiger partial charge in [0.25, 0.3) is 0 Å². The van der Waals surface area contributed by atoms with E-state index in [0.29, 0.717) is 18.7 Å². The van der Waals surface area contributed by atoms with Crippen LogP contribution in [0.2, 0.25) is 0 Å². The Balaban J connectivity index is 1.93. The smallest absolute Gasteiger partial charge is 0.226 e. The first kappa shape index (κ1) is 13.3. The minimum absolute atomic E-state index is 0.0811. The molecule has 2 aromatic rings. The van der Waals surface area contributed by atoms with Crippen LogP contribution in [0.5, 0.6) is 0 Å². The van der Waals surface area contributed by atoms with Crippen LogP contribution in [0.4, 0.5) is 0 Å². The van der Waals surface area contributed by atoms with Crippen LogP contribution in [-0.2, 0) is 11.8 Å². The summed E-state index contributed by atoms with van der Waals surface area (Å²) >= 11 is 0. The lowest BCUT2D eigenvalue weighted by Gasteiger charge is -2.25. The molecule has 1 aromatic carbocycles. The lowest BCUT2D eigenvalue weighted by atomic mass is 9.78. The van der Waals surface area contributed by atoms with E-state index in [4.69, 9.17) is 9.63 Å². The maximum absolute atomic E-state index is 8.88. The van der Waals surface area contributed by atoms with E-state index < -0.39 is 0 Å². The molecule has 0 saturated heterocycles. The number of aliphatic hydroxyl groups excluding tert-OH is 1. The first-order valence-corrected chi connectivity index (χ1v) is 7.35. The minimum Gasteiger partial charge on any atom is -0.396 e. The van der Waals surface area contributed by atoms with Gasteiger partial charge < -0.3 is 9.63 Å². The molecule has 1 fully saturated rings. The van der Waals surface area contributed by atoms with E-state index in [2.05, 4.69) is 34.4 Å². The van der Waals surface area contributed by atoms with E-state index in [0.717, 1.165) is 18.7 Å². The van der Waals surface area contributed by atoms with Crippen molar-refractivity contribution < 1.29 is 9.63 Å². The lowest BCUT2D eigenvalue weighted by molar-refractivity contribution is 0.278. The number of hydrogen-bond acceptors (Lipinski definition) is 4. The van der Waals surface area contributed by atoms with E-state index >= 15 is 0 Å². The molecule has 1 heterocycles. The van der Waals surface area contributed by atoms with Gasteiger partial charge in [0, 0.05) is 13.0 Å². The van der Waals surface area contributed by atoms with Gasteiger partial charge in [0.1, 0.15) is 0 Å². The van der Waals surface area contributed by atoms with Crippen LogP contribution in [0.3, 0.4) is 0 Å². The summed E-state index contributed by atoms with van der Waals surface area (Å²) in [6, 6.07) is 10.5. The molecule has 0 spiro atoms. The Bertz CT molecular complexity index is 545. The topological polar surface area (TPSA) is 59.2 Å². The van der Waals surface area contributed by atoms with Gasteiger partial charge in [0.05, 0.1) is 5.41 Å². The maximum atomic E-state index is 8.88. The zero-order chi connectivity index (χ0) is 13.8. The molecule has 1 aliphatic carbocycles. The molecule has 0 amide bonds. The monoisotopic (exact) mass is 272 g/mol. The van der Waals surface area contributed by atoms with Crippen molar-refractivity contribution in [3.63, 3.8) is 0 Å². The second-order valence-electron chi connectivity index (χ2n) is 5.49. The molecular weight excluding hydrogens is 252 g/mol. The van der Waals surface area contributed by atoms with Crippen LogP contribution in [0.15, 0.2) is 34.9 Å². The van der Waals surface area contributed by atoms with E-state index in [9.17, 15) is 0 Å². The highest BCUT2D eigenvalue weighted by Crippen LogP contribution is 2.45. The Hall–Kier alpha value is -1.68. The standard InChI is InChI=1S/C16H20N2O2/c19-12-6-9-14-17-15(18-20-14)16(10-4-5-11-16)13-7-2-1-3-8-13/h1-3,7-8,19H,4-6,9-12H2. The fourth-order valence-electron chi connectivity index (χ4n) is 3.16. The molecule has 0 bridgehead atoms. The molecule has 1 aromatic heterocycles. The van der Waals surface area contributed by atoms with E-state index in [1.165, 1.54) is 18.4 Å². The summed E-state index contributed by atoms with van der Waals surface area (Å²) in [5, 5.41) is 13.1. The zero-order valence-electron chi connectivity index (χ0n) is 11.6. The summed E-state index contributed by atoms with van der Waals surface area (Å²) in [7, 11) is 0. The molecule has 4 heteroatoms. The van der Waals surface area contributed by atoms with E-state index in [1.807, 2.05) is 6.07 Å². The first-order chi connectivity index (χ1) is 9.85. The molecule has 0 atom stereocenters. The van der Waals surface area contributed by atoms with Gasteiger partial charge in [-0.25, -0.2) is 0 Å². The highest BCUT2D eigenvalue weighted by atomic mass is 16.5. The summed E-state index contributed by atoms with van der Waals surface area (Å²) in [5.74, 6) is 1.45. The van der Waals surface area contributed by atoms with Gasteiger partial charge in [-0.15, -0.1) is 0 Å². The van der Waals surface area contributed by atoms with Gasteiger partial charge in [-0.3, -0.25) is 0 Å². The van der Waals surface area contributed by atoms with Crippen LogP contribution < -0.4 is 0 Å². The Morgan fingerprint density at radius 2 is 1.90 bits per heavy atom. The highest BCUT2D eigenvalue weighted by molar-refractivity contribution is 5.33. The van der Waals surface area contributed by atoms with Crippen molar-refractivity contribution in [3.05, 3.63) is 47.6 Å². The summed E-state index contributed by atoms with van der Waals surface area (Å²) < 4.78 is 5.35. The number of aryl methyl sites for hydroxylation is 1. The molecule has 1 saturated carbocycles. The summed E-state index contributed by atoms with van der Waals surface area (Å²) in [5.41, 5.74) is 1.20. The molecule has 20 heavy (non-hydrogen) atoms. The van der Waals surface area contributed by atoms with Crippen molar-refractivity contribution in [1.29, 1.82) is 0 Å². The van der Waals surface area contributed by atoms with Crippen LogP contribution in [0.1, 0.15) is 49.4 Å². The number of rotatable bonds is 5. The lowest BCUT2D eigenvalue weighted by Crippen LogP contribution is -2.25. The van der Waals surface area contributed by atoms with Crippen molar-refractivity contribution in [2.24, 2.45) is 0 Å². The summed E-state index contributed by atoms with van der Waals surface area (Å²) in [6.45, 7) is 0.154. The molecule has 0 unspecified atom stereocenters. The van der Waals surface area contributed by atoms with Gasteiger partial charge in [-0.1, -0.05) is 48.3 Å². The first-order valence-electron chi connectivity index (χ1n) is 7.35. The van der Waals surface area contributed by atoms with Crippen LogP contribution >= 0.6 is 0 Å². The SMILES string of the molecule is OCCCc1nc(C2(c3ccccc3)CCCC2)no1. The van der Waals surface area contributed by atoms with Crippen molar-refractivity contribution in [2.45, 2.75) is 43.9 Å². The number of aliphatic hydroxyl groups is 1.